The average molecular weight is 496 g/mol. The Labute approximate surface area is 199 Å². The first-order valence-electron chi connectivity index (χ1n) is 10.7. The van der Waals surface area contributed by atoms with Crippen molar-refractivity contribution in [1.29, 1.82) is 0 Å². The maximum Gasteiger partial charge on any atom is 0.255 e. The van der Waals surface area contributed by atoms with Crippen molar-refractivity contribution in [2.45, 2.75) is 43.8 Å². The standard InChI is InChI=1S/C25H25ClF3NO2S/c1-5-13(2)8-17-9-14(3)15(4)24(17)33(32)22-10-16(6-7-19(22)26)25(31)30-18-11-20(27)23(29)21(28)12-18/h1,6-7,10-15,17,24H,8-9H2,2-4H3,(H,30,31). The van der Waals surface area contributed by atoms with Gasteiger partial charge in [-0.15, -0.1) is 12.3 Å². The van der Waals surface area contributed by atoms with E-state index in [1.54, 1.807) is 0 Å². The van der Waals surface area contributed by atoms with Crippen LogP contribution in [-0.4, -0.2) is 15.4 Å². The molecule has 1 aliphatic carbocycles. The summed E-state index contributed by atoms with van der Waals surface area (Å²) in [6.07, 6.45) is 7.22. The van der Waals surface area contributed by atoms with Crippen molar-refractivity contribution in [3.8, 4) is 12.3 Å². The van der Waals surface area contributed by atoms with E-state index in [2.05, 4.69) is 25.1 Å². The summed E-state index contributed by atoms with van der Waals surface area (Å²) in [5, 5.41) is 2.42. The van der Waals surface area contributed by atoms with Crippen molar-refractivity contribution in [3.63, 3.8) is 0 Å². The van der Waals surface area contributed by atoms with Crippen LogP contribution in [0.2, 0.25) is 5.02 Å². The van der Waals surface area contributed by atoms with Gasteiger partial charge in [0.1, 0.15) is 0 Å². The summed E-state index contributed by atoms with van der Waals surface area (Å²) in [5.41, 5.74) is -0.129. The van der Waals surface area contributed by atoms with Crippen LogP contribution in [0.3, 0.4) is 0 Å². The molecule has 176 valence electrons. The maximum atomic E-state index is 13.7. The van der Waals surface area contributed by atoms with E-state index in [0.29, 0.717) is 22.9 Å². The fourth-order valence-corrected chi connectivity index (χ4v) is 6.85. The Morgan fingerprint density at radius 3 is 2.48 bits per heavy atom. The molecule has 1 fully saturated rings. The lowest BCUT2D eigenvalue weighted by Crippen LogP contribution is -2.28. The second-order valence-corrected chi connectivity index (χ2v) is 10.7. The molecule has 0 radical (unpaired) electrons. The van der Waals surface area contributed by atoms with Crippen LogP contribution in [0.1, 0.15) is 44.0 Å². The molecule has 0 aliphatic heterocycles. The van der Waals surface area contributed by atoms with Gasteiger partial charge in [0.25, 0.3) is 5.91 Å². The number of anilines is 1. The number of halogens is 4. The van der Waals surface area contributed by atoms with Gasteiger partial charge in [0.05, 0.1) is 20.7 Å². The largest absolute Gasteiger partial charge is 0.322 e. The molecule has 6 unspecified atom stereocenters. The monoisotopic (exact) mass is 495 g/mol. The zero-order valence-electron chi connectivity index (χ0n) is 18.5. The number of terminal acetylenes is 1. The van der Waals surface area contributed by atoms with Gasteiger partial charge in [-0.25, -0.2) is 13.2 Å². The summed E-state index contributed by atoms with van der Waals surface area (Å²) in [6.45, 7) is 6.16. The molecular weight excluding hydrogens is 471 g/mol. The molecule has 1 N–H and O–H groups in total. The van der Waals surface area contributed by atoms with Crippen LogP contribution in [0.25, 0.3) is 0 Å². The van der Waals surface area contributed by atoms with Gasteiger partial charge in [0.15, 0.2) is 17.5 Å². The Morgan fingerprint density at radius 1 is 1.24 bits per heavy atom. The Balaban J connectivity index is 1.88. The van der Waals surface area contributed by atoms with E-state index < -0.39 is 34.2 Å². The van der Waals surface area contributed by atoms with E-state index in [-0.39, 0.29) is 39.3 Å². The molecule has 3 nitrogen and oxygen atoms in total. The molecule has 6 atom stereocenters. The quantitative estimate of drug-likeness (QED) is 0.370. The molecule has 0 bridgehead atoms. The molecule has 2 aromatic carbocycles. The fourth-order valence-electron chi connectivity index (χ4n) is 4.48. The Morgan fingerprint density at radius 2 is 1.88 bits per heavy atom. The summed E-state index contributed by atoms with van der Waals surface area (Å²) < 4.78 is 53.8. The van der Waals surface area contributed by atoms with Gasteiger partial charge in [-0.05, 0) is 48.8 Å². The highest BCUT2D eigenvalue weighted by Crippen LogP contribution is 2.44. The Bertz CT molecular complexity index is 1110. The SMILES string of the molecule is C#CC(C)CC1CC(C)C(C)C1S(=O)c1cc(C(=O)Nc2cc(F)c(F)c(F)c2)ccc1Cl. The first-order chi connectivity index (χ1) is 15.5. The molecule has 3 rings (SSSR count). The third kappa shape index (κ3) is 5.44. The smallest absolute Gasteiger partial charge is 0.255 e. The molecule has 1 aliphatic rings. The number of rotatable bonds is 6. The molecule has 0 spiro atoms. The first-order valence-corrected chi connectivity index (χ1v) is 12.2. The van der Waals surface area contributed by atoms with Crippen molar-refractivity contribution in [3.05, 3.63) is 58.4 Å². The minimum absolute atomic E-state index is 0.0519. The lowest BCUT2D eigenvalue weighted by atomic mass is 9.94. The second-order valence-electron chi connectivity index (χ2n) is 8.75. The van der Waals surface area contributed by atoms with E-state index >= 15 is 0 Å². The Kier molecular flexibility index (Phi) is 7.92. The van der Waals surface area contributed by atoms with Gasteiger partial charge in [-0.3, -0.25) is 9.00 Å². The minimum Gasteiger partial charge on any atom is -0.322 e. The van der Waals surface area contributed by atoms with Crippen LogP contribution in [-0.2, 0) is 10.8 Å². The topological polar surface area (TPSA) is 46.2 Å². The summed E-state index contributed by atoms with van der Waals surface area (Å²) in [4.78, 5) is 13.0. The predicted molar refractivity (Wildman–Crippen MR) is 125 cm³/mol. The lowest BCUT2D eigenvalue weighted by Gasteiger charge is -2.24. The number of carbonyl (C=O) groups is 1. The normalized spacial score (nSPS) is 24.2. The van der Waals surface area contributed by atoms with Crippen molar-refractivity contribution >= 4 is 34.0 Å². The van der Waals surface area contributed by atoms with E-state index in [1.165, 1.54) is 18.2 Å². The summed E-state index contributed by atoms with van der Waals surface area (Å²) in [7, 11) is -1.50. The molecule has 1 amide bonds. The second kappa shape index (κ2) is 10.3. The summed E-state index contributed by atoms with van der Waals surface area (Å²) in [6, 6.07) is 5.69. The predicted octanol–water partition coefficient (Wildman–Crippen LogP) is 6.44. The summed E-state index contributed by atoms with van der Waals surface area (Å²) in [5.74, 6) is -1.68. The molecule has 8 heteroatoms. The number of benzene rings is 2. The Hall–Kier alpha value is -2.30. The van der Waals surface area contributed by atoms with Crippen LogP contribution in [0, 0.1) is 53.5 Å². The number of amides is 1. The molecule has 1 saturated carbocycles. The van der Waals surface area contributed by atoms with Crippen LogP contribution < -0.4 is 5.32 Å². The average Bonchev–Trinajstić information content (AvgIpc) is 3.04. The fraction of sp³-hybridized carbons (Fsp3) is 0.400. The molecular formula is C25H25ClF3NO2S. The van der Waals surface area contributed by atoms with Crippen LogP contribution in [0.15, 0.2) is 35.2 Å². The third-order valence-corrected chi connectivity index (χ3v) is 8.92. The third-order valence-electron chi connectivity index (χ3n) is 6.39. The number of hydrogen-bond donors (Lipinski definition) is 1. The van der Waals surface area contributed by atoms with Crippen molar-refractivity contribution in [2.75, 3.05) is 5.32 Å². The first kappa shape index (κ1) is 25.3. The van der Waals surface area contributed by atoms with Gasteiger partial charge in [0, 0.05) is 34.6 Å². The van der Waals surface area contributed by atoms with E-state index in [9.17, 15) is 22.2 Å². The van der Waals surface area contributed by atoms with E-state index in [0.717, 1.165) is 12.8 Å². The molecule has 33 heavy (non-hydrogen) atoms. The van der Waals surface area contributed by atoms with Gasteiger partial charge < -0.3 is 5.32 Å². The van der Waals surface area contributed by atoms with Crippen molar-refractivity contribution < 1.29 is 22.2 Å². The summed E-state index contributed by atoms with van der Waals surface area (Å²) >= 11 is 6.36. The highest BCUT2D eigenvalue weighted by atomic mass is 35.5. The van der Waals surface area contributed by atoms with Crippen LogP contribution >= 0.6 is 11.6 Å². The van der Waals surface area contributed by atoms with E-state index in [4.69, 9.17) is 18.0 Å². The van der Waals surface area contributed by atoms with Crippen LogP contribution in [0.5, 0.6) is 0 Å². The number of nitrogens with one attached hydrogen (secondary N) is 1. The number of hydrogen-bond acceptors (Lipinski definition) is 2. The molecule has 2 aromatic rings. The zero-order valence-corrected chi connectivity index (χ0v) is 20.1. The zero-order chi connectivity index (χ0) is 24.4. The van der Waals surface area contributed by atoms with Gasteiger partial charge in [-0.1, -0.05) is 32.4 Å². The highest BCUT2D eigenvalue weighted by Gasteiger charge is 2.43. The molecule has 0 saturated heterocycles. The van der Waals surface area contributed by atoms with Crippen LogP contribution in [0.4, 0.5) is 18.9 Å². The number of carbonyl (C=O) groups excluding carboxylic acids is 1. The maximum absolute atomic E-state index is 13.7. The lowest BCUT2D eigenvalue weighted by molar-refractivity contribution is 0.102. The van der Waals surface area contributed by atoms with Gasteiger partial charge >= 0.3 is 0 Å². The van der Waals surface area contributed by atoms with Gasteiger partial charge in [0.2, 0.25) is 0 Å². The molecule has 0 heterocycles. The van der Waals surface area contributed by atoms with Crippen molar-refractivity contribution in [1.82, 2.24) is 0 Å². The molecule has 0 aromatic heterocycles. The van der Waals surface area contributed by atoms with E-state index in [1.807, 2.05) is 6.92 Å². The highest BCUT2D eigenvalue weighted by molar-refractivity contribution is 7.85. The minimum atomic E-state index is -1.62. The van der Waals surface area contributed by atoms with Crippen molar-refractivity contribution in [2.24, 2.45) is 23.7 Å². The van der Waals surface area contributed by atoms with Gasteiger partial charge in [-0.2, -0.15) is 0 Å².